The van der Waals surface area contributed by atoms with Crippen molar-refractivity contribution in [2.24, 2.45) is 0 Å². The van der Waals surface area contributed by atoms with Crippen molar-refractivity contribution < 1.29 is 18.3 Å². The predicted octanol–water partition coefficient (Wildman–Crippen LogP) is 7.94. The van der Waals surface area contributed by atoms with E-state index in [-0.39, 0.29) is 5.69 Å². The van der Waals surface area contributed by atoms with Crippen molar-refractivity contribution in [3.05, 3.63) is 108 Å². The number of H-pyrrole nitrogens is 2. The van der Waals surface area contributed by atoms with E-state index in [1.165, 1.54) is 12.1 Å². The van der Waals surface area contributed by atoms with Crippen molar-refractivity contribution in [3.8, 4) is 34.0 Å². The van der Waals surface area contributed by atoms with Gasteiger partial charge < -0.3 is 14.8 Å². The summed E-state index contributed by atoms with van der Waals surface area (Å²) in [5, 5.41) is 19.3. The number of fused-ring (bicyclic) bond motifs is 2. The third kappa shape index (κ3) is 5.72. The van der Waals surface area contributed by atoms with Crippen molar-refractivity contribution in [3.63, 3.8) is 0 Å². The molecule has 9 nitrogen and oxygen atoms in total. The highest BCUT2D eigenvalue weighted by molar-refractivity contribution is 6.29. The van der Waals surface area contributed by atoms with Gasteiger partial charge in [0.25, 0.3) is 0 Å². The number of rotatable bonds is 6. The molecule has 0 fully saturated rings. The molecule has 0 saturated carbocycles. The van der Waals surface area contributed by atoms with Crippen LogP contribution in [0.5, 0.6) is 11.5 Å². The Labute approximate surface area is 254 Å². The molecule has 3 N–H and O–H groups in total. The molecule has 0 unspecified atom stereocenters. The van der Waals surface area contributed by atoms with E-state index in [4.69, 9.17) is 21.1 Å². The second-order valence-corrected chi connectivity index (χ2v) is 9.81. The number of halogens is 3. The number of nitrogens with zero attached hydrogens (tertiary/aromatic N) is 4. The summed E-state index contributed by atoms with van der Waals surface area (Å²) in [6, 6.07) is 25.8. The average Bonchev–Trinajstić information content (AvgIpc) is 3.66. The highest BCUT2D eigenvalue weighted by Gasteiger charge is 2.15. The number of methoxy groups -OCH3 is 2. The number of hydrogen-bond acceptors (Lipinski definition) is 7. The van der Waals surface area contributed by atoms with Crippen LogP contribution in [0, 0.1) is 11.6 Å². The average molecular weight is 612 g/mol. The number of aromatic nitrogens is 6. The van der Waals surface area contributed by atoms with Gasteiger partial charge in [0.2, 0.25) is 0 Å². The minimum atomic E-state index is -0.691. The van der Waals surface area contributed by atoms with Gasteiger partial charge in [0.15, 0.2) is 11.3 Å². The zero-order valence-electron chi connectivity index (χ0n) is 23.4. The number of nitrogens with one attached hydrogen (secondary N) is 3. The van der Waals surface area contributed by atoms with Crippen LogP contribution in [0.25, 0.3) is 44.6 Å². The molecule has 7 aromatic rings. The second kappa shape index (κ2) is 12.4. The maximum absolute atomic E-state index is 13.8. The summed E-state index contributed by atoms with van der Waals surface area (Å²) >= 11 is 5.84. The van der Waals surface area contributed by atoms with Crippen LogP contribution >= 0.6 is 11.6 Å². The fraction of sp³-hybridized carbons (Fsp3) is 0.0625. The number of pyridine rings is 2. The van der Waals surface area contributed by atoms with Gasteiger partial charge in [0, 0.05) is 28.0 Å². The molecule has 0 aliphatic heterocycles. The molecule has 12 heteroatoms. The highest BCUT2D eigenvalue weighted by Crippen LogP contribution is 2.34. The minimum Gasteiger partial charge on any atom is -0.496 e. The summed E-state index contributed by atoms with van der Waals surface area (Å²) in [5.74, 6) is 0.585. The van der Waals surface area contributed by atoms with Gasteiger partial charge in [-0.2, -0.15) is 10.2 Å². The van der Waals surface area contributed by atoms with Gasteiger partial charge in [0.1, 0.15) is 34.1 Å². The Kier molecular flexibility index (Phi) is 8.02. The van der Waals surface area contributed by atoms with Crippen molar-refractivity contribution in [2.45, 2.75) is 0 Å². The van der Waals surface area contributed by atoms with Gasteiger partial charge in [-0.1, -0.05) is 35.9 Å². The Morgan fingerprint density at radius 1 is 0.682 bits per heavy atom. The first-order valence-corrected chi connectivity index (χ1v) is 13.7. The second-order valence-electron chi connectivity index (χ2n) is 9.42. The summed E-state index contributed by atoms with van der Waals surface area (Å²) < 4.78 is 37.5. The first-order chi connectivity index (χ1) is 21.4. The molecule has 44 heavy (non-hydrogen) atoms. The van der Waals surface area contributed by atoms with E-state index in [9.17, 15) is 8.78 Å². The molecule has 0 atom stereocenters. The smallest absolute Gasteiger partial charge is 0.183 e. The zero-order chi connectivity index (χ0) is 30.6. The number of hydrogen-bond donors (Lipinski definition) is 3. The summed E-state index contributed by atoms with van der Waals surface area (Å²) in [6.45, 7) is 0. The first kappa shape index (κ1) is 28.6. The molecule has 0 radical (unpaired) electrons. The summed E-state index contributed by atoms with van der Waals surface area (Å²) in [5.41, 5.74) is 4.69. The topological polar surface area (TPSA) is 114 Å². The van der Waals surface area contributed by atoms with Gasteiger partial charge in [0.05, 0.1) is 31.3 Å². The Balaban J connectivity index is 0.000000167. The lowest BCUT2D eigenvalue weighted by atomic mass is 10.1. The van der Waals surface area contributed by atoms with Crippen LogP contribution < -0.4 is 14.8 Å². The SMILES string of the molecule is COc1ccccc1-c1[nH]nc2nc(Cl)ccc12.COc1ccccc1-c1[nH]nc2nc(Nc3ccc(F)cc3F)ccc12. The molecule has 0 bridgehead atoms. The number of benzene rings is 3. The van der Waals surface area contributed by atoms with E-state index in [0.717, 1.165) is 45.1 Å². The maximum Gasteiger partial charge on any atom is 0.183 e. The van der Waals surface area contributed by atoms with Crippen molar-refractivity contribution in [2.75, 3.05) is 19.5 Å². The van der Waals surface area contributed by atoms with Crippen LogP contribution in [0.2, 0.25) is 5.15 Å². The van der Waals surface area contributed by atoms with Crippen LogP contribution in [0.1, 0.15) is 0 Å². The van der Waals surface area contributed by atoms with Crippen LogP contribution in [0.3, 0.4) is 0 Å². The van der Waals surface area contributed by atoms with Crippen LogP contribution in [0.4, 0.5) is 20.3 Å². The summed E-state index contributed by atoms with van der Waals surface area (Å²) in [6.07, 6.45) is 0. The first-order valence-electron chi connectivity index (χ1n) is 13.3. The molecule has 0 saturated heterocycles. The number of ether oxygens (including phenoxy) is 2. The molecule has 0 aliphatic rings. The molecule has 0 spiro atoms. The molecule has 7 rings (SSSR count). The van der Waals surface area contributed by atoms with Crippen molar-refractivity contribution >= 4 is 45.2 Å². The maximum atomic E-state index is 13.8. The molecule has 4 aromatic heterocycles. The lowest BCUT2D eigenvalue weighted by molar-refractivity contribution is 0.416. The number of aromatic amines is 2. The zero-order valence-corrected chi connectivity index (χ0v) is 24.2. The summed E-state index contributed by atoms with van der Waals surface area (Å²) in [7, 11) is 3.25. The highest BCUT2D eigenvalue weighted by atomic mass is 35.5. The van der Waals surface area contributed by atoms with Crippen LogP contribution in [-0.4, -0.2) is 44.6 Å². The standard InChI is InChI=1S/C19H14F2N4O.C13H10ClN3O/c1-26-16-5-3-2-4-12(16)18-13-7-9-17(23-19(13)25-24-18)22-15-8-6-11(20)10-14(15)21;1-18-10-5-3-2-4-8(10)12-9-6-7-11(14)15-13(9)17-16-12/h2-10H,1H3,(H2,22,23,24,25);2-7H,1H3,(H,15,16,17). The van der Waals surface area contributed by atoms with Gasteiger partial charge >= 0.3 is 0 Å². The molecule has 4 heterocycles. The van der Waals surface area contributed by atoms with E-state index in [1.54, 1.807) is 26.4 Å². The Bertz CT molecular complexity index is 2100. The van der Waals surface area contributed by atoms with E-state index in [0.29, 0.717) is 28.0 Å². The minimum absolute atomic E-state index is 0.138. The van der Waals surface area contributed by atoms with Gasteiger partial charge in [-0.3, -0.25) is 10.2 Å². The van der Waals surface area contributed by atoms with E-state index in [1.807, 2.05) is 60.7 Å². The van der Waals surface area contributed by atoms with Gasteiger partial charge in [-0.25, -0.2) is 18.7 Å². The quantitative estimate of drug-likeness (QED) is 0.164. The normalized spacial score (nSPS) is 10.8. The van der Waals surface area contributed by atoms with Crippen LogP contribution in [-0.2, 0) is 0 Å². The Hall–Kier alpha value is -5.55. The molecule has 3 aromatic carbocycles. The third-order valence-electron chi connectivity index (χ3n) is 6.75. The molecule has 0 amide bonds. The number of para-hydroxylation sites is 2. The fourth-order valence-corrected chi connectivity index (χ4v) is 4.83. The summed E-state index contributed by atoms with van der Waals surface area (Å²) in [4.78, 5) is 8.54. The Morgan fingerprint density at radius 3 is 1.84 bits per heavy atom. The Morgan fingerprint density at radius 2 is 1.25 bits per heavy atom. The lowest BCUT2D eigenvalue weighted by Gasteiger charge is -2.08. The van der Waals surface area contributed by atoms with E-state index >= 15 is 0 Å². The fourth-order valence-electron chi connectivity index (χ4n) is 4.68. The van der Waals surface area contributed by atoms with Crippen LogP contribution in [0.15, 0.2) is 91.0 Å². The van der Waals surface area contributed by atoms with E-state index in [2.05, 4.69) is 35.7 Å². The van der Waals surface area contributed by atoms with Crippen molar-refractivity contribution in [1.82, 2.24) is 30.4 Å². The molecule has 0 aliphatic carbocycles. The molecular formula is C32H24ClF2N7O2. The lowest BCUT2D eigenvalue weighted by Crippen LogP contribution is -1.97. The molecule has 220 valence electrons. The monoisotopic (exact) mass is 611 g/mol. The molecular weight excluding hydrogens is 588 g/mol. The van der Waals surface area contributed by atoms with E-state index < -0.39 is 11.6 Å². The third-order valence-corrected chi connectivity index (χ3v) is 6.96. The largest absolute Gasteiger partial charge is 0.496 e. The predicted molar refractivity (Wildman–Crippen MR) is 166 cm³/mol. The van der Waals surface area contributed by atoms with Gasteiger partial charge in [-0.15, -0.1) is 0 Å². The number of anilines is 2. The van der Waals surface area contributed by atoms with Crippen molar-refractivity contribution in [1.29, 1.82) is 0 Å². The van der Waals surface area contributed by atoms with Gasteiger partial charge in [-0.05, 0) is 60.7 Å².